The van der Waals surface area contributed by atoms with E-state index in [1.54, 1.807) is 16.9 Å². The Kier molecular flexibility index (Phi) is 6.06. The Labute approximate surface area is 203 Å². The van der Waals surface area contributed by atoms with Crippen LogP contribution >= 0.6 is 11.3 Å². The average Bonchev–Trinajstić information content (AvgIpc) is 3.59. The Morgan fingerprint density at radius 2 is 1.49 bits per heavy atom. The number of H-pyrrole nitrogens is 1. The van der Waals surface area contributed by atoms with Crippen molar-refractivity contribution in [2.75, 3.05) is 0 Å². The molecule has 35 heavy (non-hydrogen) atoms. The number of para-hydroxylation sites is 1. The number of pyridine rings is 1. The molecule has 0 aliphatic rings. The van der Waals surface area contributed by atoms with Crippen molar-refractivity contribution >= 4 is 23.2 Å². The summed E-state index contributed by atoms with van der Waals surface area (Å²) in [6.07, 6.45) is 1.60. The molecule has 172 valence electrons. The van der Waals surface area contributed by atoms with Gasteiger partial charge in [0.05, 0.1) is 21.8 Å². The van der Waals surface area contributed by atoms with Gasteiger partial charge in [0, 0.05) is 11.8 Å². The van der Waals surface area contributed by atoms with Gasteiger partial charge in [0.1, 0.15) is 11.3 Å². The van der Waals surface area contributed by atoms with Gasteiger partial charge in [-0.05, 0) is 35.7 Å². The van der Waals surface area contributed by atoms with Crippen LogP contribution in [0.15, 0.2) is 101 Å². The van der Waals surface area contributed by atoms with Crippen LogP contribution in [0.3, 0.4) is 0 Å². The number of carbonyl (C=O) groups is 2. The number of amides is 2. The van der Waals surface area contributed by atoms with Gasteiger partial charge < -0.3 is 4.98 Å². The van der Waals surface area contributed by atoms with Crippen molar-refractivity contribution in [1.29, 1.82) is 0 Å². The molecule has 9 heteroatoms. The molecule has 5 aromatic rings. The number of thiophene rings is 1. The van der Waals surface area contributed by atoms with Gasteiger partial charge in [-0.3, -0.25) is 25.2 Å². The number of rotatable bonds is 5. The highest BCUT2D eigenvalue weighted by Gasteiger charge is 2.20. The van der Waals surface area contributed by atoms with E-state index in [2.05, 4.69) is 20.9 Å². The van der Waals surface area contributed by atoms with Crippen molar-refractivity contribution in [3.05, 3.63) is 118 Å². The highest BCUT2D eigenvalue weighted by atomic mass is 32.1. The third-order valence-corrected chi connectivity index (χ3v) is 6.16. The van der Waals surface area contributed by atoms with Gasteiger partial charge >= 0.3 is 0 Å². The molecule has 0 atom stereocenters. The smallest absolute Gasteiger partial charge is 0.275 e. The van der Waals surface area contributed by atoms with Crippen LogP contribution in [-0.4, -0.2) is 26.6 Å². The summed E-state index contributed by atoms with van der Waals surface area (Å²) in [5.41, 5.74) is 6.93. The normalized spacial score (nSPS) is 10.6. The Morgan fingerprint density at radius 1 is 0.800 bits per heavy atom. The second-order valence-electron chi connectivity index (χ2n) is 7.54. The predicted octanol–water partition coefficient (Wildman–Crippen LogP) is 4.03. The van der Waals surface area contributed by atoms with Crippen LogP contribution in [-0.2, 0) is 0 Å². The molecule has 3 heterocycles. The molecule has 2 amide bonds. The fraction of sp³-hybridized carbons (Fsp3) is 0. The molecular weight excluding hydrogens is 462 g/mol. The number of aromatic amines is 1. The first-order valence-electron chi connectivity index (χ1n) is 10.7. The second-order valence-corrected chi connectivity index (χ2v) is 8.49. The highest BCUT2D eigenvalue weighted by Crippen LogP contribution is 2.24. The second kappa shape index (κ2) is 9.62. The number of hydrogen-bond donors (Lipinski definition) is 3. The highest BCUT2D eigenvalue weighted by molar-refractivity contribution is 7.13. The molecule has 8 nitrogen and oxygen atoms in total. The van der Waals surface area contributed by atoms with Gasteiger partial charge in [0.25, 0.3) is 17.4 Å². The summed E-state index contributed by atoms with van der Waals surface area (Å²) in [5.74, 6) is -1.29. The van der Waals surface area contributed by atoms with Crippen LogP contribution in [0, 0.1) is 0 Å². The molecule has 0 saturated heterocycles. The molecule has 2 aromatic carbocycles. The van der Waals surface area contributed by atoms with E-state index in [0.29, 0.717) is 11.4 Å². The van der Waals surface area contributed by atoms with Gasteiger partial charge in [-0.25, -0.2) is 4.68 Å². The molecule has 5 rings (SSSR count). The number of hydrogen-bond acceptors (Lipinski definition) is 5. The molecular formula is C26H19N5O3S. The van der Waals surface area contributed by atoms with Gasteiger partial charge in [-0.1, -0.05) is 54.6 Å². The van der Waals surface area contributed by atoms with Crippen LogP contribution in [0.25, 0.3) is 27.5 Å². The maximum atomic E-state index is 13.0. The average molecular weight is 482 g/mol. The van der Waals surface area contributed by atoms with Crippen LogP contribution in [0.4, 0.5) is 0 Å². The lowest BCUT2D eigenvalue weighted by molar-refractivity contribution is 0.0846. The summed E-state index contributed by atoms with van der Waals surface area (Å²) in [5, 5.41) is 6.49. The Morgan fingerprint density at radius 3 is 2.14 bits per heavy atom. The summed E-state index contributed by atoms with van der Waals surface area (Å²) in [4.78, 5) is 41.7. The maximum Gasteiger partial charge on any atom is 0.275 e. The summed E-state index contributed by atoms with van der Waals surface area (Å²) >= 11 is 1.47. The van der Waals surface area contributed by atoms with E-state index in [0.717, 1.165) is 16.1 Å². The van der Waals surface area contributed by atoms with Crippen molar-refractivity contribution in [1.82, 2.24) is 25.6 Å². The quantitative estimate of drug-likeness (QED) is 0.329. The number of benzene rings is 2. The molecule has 0 radical (unpaired) electrons. The van der Waals surface area contributed by atoms with Gasteiger partial charge in [0.2, 0.25) is 0 Å². The first kappa shape index (κ1) is 22.1. The SMILES string of the molecule is O=C(NNC(=O)c1ccc(-c2cccs2)[nH]c1=O)c1cn(-c2ccccc2)nc1-c1ccccc1. The van der Waals surface area contributed by atoms with E-state index in [4.69, 9.17) is 0 Å². The van der Waals surface area contributed by atoms with Crippen molar-refractivity contribution in [3.63, 3.8) is 0 Å². The van der Waals surface area contributed by atoms with Crippen LogP contribution in [0.1, 0.15) is 20.7 Å². The zero-order valence-corrected chi connectivity index (χ0v) is 19.1. The minimum Gasteiger partial charge on any atom is -0.321 e. The van der Waals surface area contributed by atoms with E-state index in [1.807, 2.05) is 78.2 Å². The van der Waals surface area contributed by atoms with E-state index in [-0.39, 0.29) is 11.1 Å². The molecule has 0 fully saturated rings. The Bertz CT molecular complexity index is 1540. The standard InChI is InChI=1S/C26H19N5O3S/c32-24-19(13-14-21(27-24)22-12-7-15-35-22)25(33)28-29-26(34)20-16-31(18-10-5-2-6-11-18)30-23(20)17-8-3-1-4-9-17/h1-16H,(H,27,32)(H,28,33)(H,29,34). The van der Waals surface area contributed by atoms with Gasteiger partial charge in [-0.15, -0.1) is 11.3 Å². The summed E-state index contributed by atoms with van der Waals surface area (Å²) in [6.45, 7) is 0. The third kappa shape index (κ3) is 4.66. The number of hydrazine groups is 1. The molecule has 0 bridgehead atoms. The van der Waals surface area contributed by atoms with E-state index < -0.39 is 17.4 Å². The zero-order valence-electron chi connectivity index (χ0n) is 18.3. The van der Waals surface area contributed by atoms with E-state index in [1.165, 1.54) is 17.4 Å². The monoisotopic (exact) mass is 481 g/mol. The number of carbonyl (C=O) groups excluding carboxylic acids is 2. The predicted molar refractivity (Wildman–Crippen MR) is 134 cm³/mol. The lowest BCUT2D eigenvalue weighted by atomic mass is 10.1. The molecule has 0 unspecified atom stereocenters. The van der Waals surface area contributed by atoms with Crippen molar-refractivity contribution in [2.24, 2.45) is 0 Å². The first-order valence-corrected chi connectivity index (χ1v) is 11.6. The van der Waals surface area contributed by atoms with Crippen molar-refractivity contribution in [3.8, 4) is 27.5 Å². The van der Waals surface area contributed by atoms with Crippen LogP contribution in [0.2, 0.25) is 0 Å². The van der Waals surface area contributed by atoms with E-state index >= 15 is 0 Å². The number of aromatic nitrogens is 3. The van der Waals surface area contributed by atoms with Gasteiger partial charge in [-0.2, -0.15) is 5.10 Å². The molecule has 3 aromatic heterocycles. The number of nitrogens with one attached hydrogen (secondary N) is 3. The minimum atomic E-state index is -0.728. The fourth-order valence-corrected chi connectivity index (χ4v) is 4.25. The summed E-state index contributed by atoms with van der Waals surface area (Å²) in [6, 6.07) is 25.5. The lowest BCUT2D eigenvalue weighted by Crippen LogP contribution is -2.43. The molecule has 0 aliphatic carbocycles. The van der Waals surface area contributed by atoms with Crippen molar-refractivity contribution < 1.29 is 9.59 Å². The topological polar surface area (TPSA) is 109 Å². The Balaban J connectivity index is 1.37. The maximum absolute atomic E-state index is 13.0. The molecule has 0 aliphatic heterocycles. The molecule has 3 N–H and O–H groups in total. The lowest BCUT2D eigenvalue weighted by Gasteiger charge is -2.08. The summed E-state index contributed by atoms with van der Waals surface area (Å²) in [7, 11) is 0. The summed E-state index contributed by atoms with van der Waals surface area (Å²) < 4.78 is 1.60. The number of nitrogens with zero attached hydrogens (tertiary/aromatic N) is 2. The van der Waals surface area contributed by atoms with Crippen LogP contribution in [0.5, 0.6) is 0 Å². The molecule has 0 spiro atoms. The minimum absolute atomic E-state index is 0.117. The largest absolute Gasteiger partial charge is 0.321 e. The zero-order chi connectivity index (χ0) is 24.2. The van der Waals surface area contributed by atoms with Crippen molar-refractivity contribution in [2.45, 2.75) is 0 Å². The first-order chi connectivity index (χ1) is 17.1. The van der Waals surface area contributed by atoms with Crippen LogP contribution < -0.4 is 16.4 Å². The third-order valence-electron chi connectivity index (χ3n) is 5.26. The molecule has 0 saturated carbocycles. The van der Waals surface area contributed by atoms with E-state index in [9.17, 15) is 14.4 Å². The van der Waals surface area contributed by atoms with Gasteiger partial charge in [0.15, 0.2) is 0 Å². The Hall–Kier alpha value is -4.76. The fourth-order valence-electron chi connectivity index (χ4n) is 3.54.